The highest BCUT2D eigenvalue weighted by Gasteiger charge is 2.28. The zero-order chi connectivity index (χ0) is 22.9. The fraction of sp³-hybridized carbons (Fsp3) is 0.208. The van der Waals surface area contributed by atoms with Gasteiger partial charge in [-0.1, -0.05) is 35.6 Å². The molecule has 0 bridgehead atoms. The van der Waals surface area contributed by atoms with Crippen LogP contribution in [0.1, 0.15) is 55.7 Å². The summed E-state index contributed by atoms with van der Waals surface area (Å²) in [6, 6.07) is 15.1. The van der Waals surface area contributed by atoms with Crippen LogP contribution in [0.2, 0.25) is 0 Å². The SMILES string of the molecule is Cc1ccccc1C(=O)Nc1cccc(C(=O)OCc2cc(=O)n3nc(C4CC4)sc3n2)c1. The van der Waals surface area contributed by atoms with Crippen LogP contribution in [0.4, 0.5) is 5.69 Å². The minimum Gasteiger partial charge on any atom is -0.456 e. The van der Waals surface area contributed by atoms with Gasteiger partial charge in [0.05, 0.1) is 11.3 Å². The average Bonchev–Trinajstić information content (AvgIpc) is 3.57. The predicted molar refractivity (Wildman–Crippen MR) is 124 cm³/mol. The molecule has 0 aliphatic heterocycles. The molecule has 0 unspecified atom stereocenters. The summed E-state index contributed by atoms with van der Waals surface area (Å²) < 4.78 is 6.67. The molecule has 1 fully saturated rings. The number of anilines is 1. The Kier molecular flexibility index (Phi) is 5.47. The zero-order valence-electron chi connectivity index (χ0n) is 17.8. The van der Waals surface area contributed by atoms with Gasteiger partial charge in [0, 0.05) is 23.2 Å². The number of aryl methyl sites for hydroxylation is 1. The minimum absolute atomic E-state index is 0.138. The summed E-state index contributed by atoms with van der Waals surface area (Å²) in [6.45, 7) is 1.72. The topological polar surface area (TPSA) is 103 Å². The van der Waals surface area contributed by atoms with E-state index in [1.54, 1.807) is 36.4 Å². The van der Waals surface area contributed by atoms with Gasteiger partial charge in [0.15, 0.2) is 0 Å². The van der Waals surface area contributed by atoms with Crippen molar-refractivity contribution in [1.29, 1.82) is 0 Å². The molecule has 2 aromatic heterocycles. The van der Waals surface area contributed by atoms with Crippen molar-refractivity contribution in [3.8, 4) is 0 Å². The van der Waals surface area contributed by atoms with Gasteiger partial charge < -0.3 is 10.1 Å². The second-order valence-electron chi connectivity index (χ2n) is 7.92. The van der Waals surface area contributed by atoms with Crippen molar-refractivity contribution in [2.24, 2.45) is 0 Å². The maximum absolute atomic E-state index is 12.6. The van der Waals surface area contributed by atoms with Crippen molar-refractivity contribution in [3.05, 3.63) is 92.3 Å². The summed E-state index contributed by atoms with van der Waals surface area (Å²) in [4.78, 5) is 42.4. The van der Waals surface area contributed by atoms with Crippen LogP contribution in [0, 0.1) is 6.92 Å². The van der Waals surface area contributed by atoms with Gasteiger partial charge in [0.1, 0.15) is 11.6 Å². The lowest BCUT2D eigenvalue weighted by Crippen LogP contribution is -2.17. The molecule has 2 aromatic carbocycles. The van der Waals surface area contributed by atoms with Crippen LogP contribution in [-0.2, 0) is 11.3 Å². The van der Waals surface area contributed by atoms with Gasteiger partial charge in [-0.15, -0.1) is 0 Å². The van der Waals surface area contributed by atoms with E-state index in [0.717, 1.165) is 23.4 Å². The number of nitrogens with one attached hydrogen (secondary N) is 1. The van der Waals surface area contributed by atoms with E-state index in [1.165, 1.54) is 21.9 Å². The van der Waals surface area contributed by atoms with E-state index in [2.05, 4.69) is 15.4 Å². The number of nitrogens with zero attached hydrogens (tertiary/aromatic N) is 3. The summed E-state index contributed by atoms with van der Waals surface area (Å²) >= 11 is 1.39. The third-order valence-corrected chi connectivity index (χ3v) is 6.41. The van der Waals surface area contributed by atoms with Gasteiger partial charge in [-0.05, 0) is 49.6 Å². The first-order chi connectivity index (χ1) is 16.0. The molecule has 8 nitrogen and oxygen atoms in total. The summed E-state index contributed by atoms with van der Waals surface area (Å²) in [7, 11) is 0. The molecule has 2 heterocycles. The molecule has 0 spiro atoms. The Labute approximate surface area is 192 Å². The smallest absolute Gasteiger partial charge is 0.338 e. The lowest BCUT2D eigenvalue weighted by Gasteiger charge is -2.09. The lowest BCUT2D eigenvalue weighted by atomic mass is 10.1. The van der Waals surface area contributed by atoms with Gasteiger partial charge in [0.2, 0.25) is 4.96 Å². The van der Waals surface area contributed by atoms with Crippen molar-refractivity contribution in [2.75, 3.05) is 5.32 Å². The van der Waals surface area contributed by atoms with Crippen molar-refractivity contribution in [3.63, 3.8) is 0 Å². The third-order valence-electron chi connectivity index (χ3n) is 5.34. The number of hydrogen-bond donors (Lipinski definition) is 1. The van der Waals surface area contributed by atoms with Crippen molar-refractivity contribution in [2.45, 2.75) is 32.3 Å². The molecule has 0 radical (unpaired) electrons. The standard InChI is InChI=1S/C24H20N4O4S/c1-14-5-2-3-8-19(14)21(30)25-17-7-4-6-16(11-17)23(31)32-13-18-12-20(29)28-24(26-18)33-22(27-28)15-9-10-15/h2-8,11-12,15H,9-10,13H2,1H3,(H,25,30). The normalized spacial score (nSPS) is 13.1. The fourth-order valence-corrected chi connectivity index (χ4v) is 4.51. The van der Waals surface area contributed by atoms with E-state index in [1.807, 2.05) is 19.1 Å². The molecule has 1 N–H and O–H groups in total. The number of hydrogen-bond acceptors (Lipinski definition) is 7. The highest BCUT2D eigenvalue weighted by atomic mass is 32.1. The third kappa shape index (κ3) is 4.54. The minimum atomic E-state index is -0.577. The van der Waals surface area contributed by atoms with Gasteiger partial charge in [-0.3, -0.25) is 9.59 Å². The first kappa shape index (κ1) is 21.0. The molecule has 9 heteroatoms. The van der Waals surface area contributed by atoms with E-state index in [0.29, 0.717) is 27.8 Å². The number of carbonyl (C=O) groups is 2. The molecule has 5 rings (SSSR count). The van der Waals surface area contributed by atoms with Gasteiger partial charge >= 0.3 is 5.97 Å². The number of benzene rings is 2. The van der Waals surface area contributed by atoms with Crippen LogP contribution in [0.25, 0.3) is 4.96 Å². The largest absolute Gasteiger partial charge is 0.456 e. The maximum Gasteiger partial charge on any atom is 0.338 e. The van der Waals surface area contributed by atoms with Crippen LogP contribution < -0.4 is 10.9 Å². The predicted octanol–water partition coefficient (Wildman–Crippen LogP) is 3.95. The Morgan fingerprint density at radius 3 is 2.76 bits per heavy atom. The van der Waals surface area contributed by atoms with Crippen LogP contribution in [0.5, 0.6) is 0 Å². The van der Waals surface area contributed by atoms with E-state index in [9.17, 15) is 14.4 Å². The Morgan fingerprint density at radius 1 is 1.15 bits per heavy atom. The number of carbonyl (C=O) groups excluding carboxylic acids is 2. The number of amides is 1. The Balaban J connectivity index is 1.27. The van der Waals surface area contributed by atoms with E-state index < -0.39 is 5.97 Å². The second kappa shape index (κ2) is 8.59. The molecule has 166 valence electrons. The van der Waals surface area contributed by atoms with Crippen LogP contribution in [-0.4, -0.2) is 26.5 Å². The summed E-state index contributed by atoms with van der Waals surface area (Å²) in [5.41, 5.74) is 2.25. The summed E-state index contributed by atoms with van der Waals surface area (Å²) in [5.74, 6) is -0.408. The number of rotatable bonds is 6. The first-order valence-electron chi connectivity index (χ1n) is 10.5. The molecular formula is C24H20N4O4S. The summed E-state index contributed by atoms with van der Waals surface area (Å²) in [5, 5.41) is 8.06. The van der Waals surface area contributed by atoms with Crippen molar-refractivity contribution in [1.82, 2.24) is 14.6 Å². The summed E-state index contributed by atoms with van der Waals surface area (Å²) in [6.07, 6.45) is 2.17. The molecule has 0 saturated heterocycles. The van der Waals surface area contributed by atoms with Gasteiger partial charge in [0.25, 0.3) is 11.5 Å². The number of fused-ring (bicyclic) bond motifs is 1. The van der Waals surface area contributed by atoms with E-state index in [-0.39, 0.29) is 23.6 Å². The lowest BCUT2D eigenvalue weighted by molar-refractivity contribution is 0.0467. The fourth-order valence-electron chi connectivity index (χ4n) is 3.41. The molecule has 1 aliphatic carbocycles. The molecule has 1 saturated carbocycles. The highest BCUT2D eigenvalue weighted by Crippen LogP contribution is 2.41. The molecule has 1 amide bonds. The van der Waals surface area contributed by atoms with Crippen molar-refractivity contribution < 1.29 is 14.3 Å². The maximum atomic E-state index is 12.6. The Hall–Kier alpha value is -3.85. The Morgan fingerprint density at radius 2 is 1.97 bits per heavy atom. The number of ether oxygens (including phenoxy) is 1. The van der Waals surface area contributed by atoms with Gasteiger partial charge in [-0.25, -0.2) is 9.78 Å². The van der Waals surface area contributed by atoms with Crippen LogP contribution >= 0.6 is 11.3 Å². The number of aromatic nitrogens is 3. The van der Waals surface area contributed by atoms with E-state index >= 15 is 0 Å². The van der Waals surface area contributed by atoms with Crippen LogP contribution in [0.15, 0.2) is 59.4 Å². The van der Waals surface area contributed by atoms with E-state index in [4.69, 9.17) is 4.74 Å². The molecule has 0 atom stereocenters. The van der Waals surface area contributed by atoms with Gasteiger partial charge in [-0.2, -0.15) is 9.61 Å². The molecule has 1 aliphatic rings. The van der Waals surface area contributed by atoms with Crippen LogP contribution in [0.3, 0.4) is 0 Å². The molecular weight excluding hydrogens is 440 g/mol. The highest BCUT2D eigenvalue weighted by molar-refractivity contribution is 7.16. The van der Waals surface area contributed by atoms with Crippen molar-refractivity contribution >= 4 is 33.9 Å². The first-order valence-corrected chi connectivity index (χ1v) is 11.3. The Bertz CT molecular complexity index is 1440. The second-order valence-corrected chi connectivity index (χ2v) is 8.91. The number of esters is 1. The monoisotopic (exact) mass is 460 g/mol. The zero-order valence-corrected chi connectivity index (χ0v) is 18.6. The molecule has 4 aromatic rings. The average molecular weight is 461 g/mol. The molecule has 33 heavy (non-hydrogen) atoms. The quantitative estimate of drug-likeness (QED) is 0.437.